The van der Waals surface area contributed by atoms with Crippen LogP contribution in [0.4, 0.5) is 0 Å². The van der Waals surface area contributed by atoms with E-state index in [1.807, 2.05) is 66.7 Å². The van der Waals surface area contributed by atoms with Gasteiger partial charge in [0.05, 0.1) is 23.6 Å². The number of nitrogens with one attached hydrogen (secondary N) is 3. The van der Waals surface area contributed by atoms with Crippen molar-refractivity contribution in [2.24, 2.45) is 0 Å². The minimum absolute atomic E-state index is 0.00161. The van der Waals surface area contributed by atoms with Crippen molar-refractivity contribution >= 4 is 26.7 Å². The summed E-state index contributed by atoms with van der Waals surface area (Å²) in [5, 5.41) is 8.41. The molecule has 0 radical (unpaired) electrons. The number of carbonyl (C=O) groups excluding carboxylic acids is 1. The number of carbonyl (C=O) groups is 1. The highest BCUT2D eigenvalue weighted by molar-refractivity contribution is 7.89. The number of hydrogen-bond donors (Lipinski definition) is 3. The van der Waals surface area contributed by atoms with Crippen molar-refractivity contribution in [1.29, 1.82) is 0 Å². The summed E-state index contributed by atoms with van der Waals surface area (Å²) >= 11 is 0. The van der Waals surface area contributed by atoms with Gasteiger partial charge in [-0.25, -0.2) is 13.1 Å². The molecular weight excluding hydrogens is 534 g/mol. The molecule has 0 spiro atoms. The first-order chi connectivity index (χ1) is 19.6. The molecule has 0 saturated carbocycles. The van der Waals surface area contributed by atoms with Gasteiger partial charge in [0.1, 0.15) is 5.75 Å². The highest BCUT2D eigenvalue weighted by Crippen LogP contribution is 2.33. The van der Waals surface area contributed by atoms with Crippen LogP contribution < -0.4 is 20.1 Å². The molecule has 1 amide bonds. The zero-order valence-electron chi connectivity index (χ0n) is 23.7. The summed E-state index contributed by atoms with van der Waals surface area (Å²) in [5.74, 6) is 0.530. The average Bonchev–Trinajstić information content (AvgIpc) is 2.95. The van der Waals surface area contributed by atoms with Gasteiger partial charge in [-0.1, -0.05) is 72.8 Å². The Bertz CT molecular complexity index is 1630. The molecule has 2 unspecified atom stereocenters. The molecule has 8 heteroatoms. The first-order valence-corrected chi connectivity index (χ1v) is 15.4. The Balaban J connectivity index is 1.32. The van der Waals surface area contributed by atoms with Crippen LogP contribution in [0.1, 0.15) is 62.4 Å². The van der Waals surface area contributed by atoms with Crippen molar-refractivity contribution in [2.45, 2.75) is 62.7 Å². The summed E-state index contributed by atoms with van der Waals surface area (Å²) in [5.41, 5.74) is 2.75. The predicted octanol–water partition coefficient (Wildman–Crippen LogP) is 5.78. The Morgan fingerprint density at radius 1 is 0.927 bits per heavy atom. The molecule has 4 aromatic carbocycles. The van der Waals surface area contributed by atoms with Gasteiger partial charge in [-0.15, -0.1) is 0 Å². The van der Waals surface area contributed by atoms with E-state index in [2.05, 4.69) is 42.2 Å². The largest absolute Gasteiger partial charge is 0.493 e. The van der Waals surface area contributed by atoms with Crippen LogP contribution in [0, 0.1) is 0 Å². The van der Waals surface area contributed by atoms with Gasteiger partial charge in [-0.2, -0.15) is 0 Å². The van der Waals surface area contributed by atoms with E-state index in [1.54, 1.807) is 18.2 Å². The Labute approximate surface area is 242 Å². The summed E-state index contributed by atoms with van der Waals surface area (Å²) in [6, 6.07) is 27.0. The van der Waals surface area contributed by atoms with E-state index in [1.165, 1.54) is 0 Å². The third kappa shape index (κ3) is 7.33. The number of hydrogen-bond acceptors (Lipinski definition) is 5. The van der Waals surface area contributed by atoms with Gasteiger partial charge in [-0.3, -0.25) is 4.79 Å². The van der Waals surface area contributed by atoms with E-state index >= 15 is 0 Å². The van der Waals surface area contributed by atoms with Gasteiger partial charge in [0, 0.05) is 30.5 Å². The maximum absolute atomic E-state index is 13.5. The summed E-state index contributed by atoms with van der Waals surface area (Å²) in [4.78, 5) is 13.5. The highest BCUT2D eigenvalue weighted by atomic mass is 32.2. The molecule has 0 bridgehead atoms. The van der Waals surface area contributed by atoms with Gasteiger partial charge < -0.3 is 15.4 Å². The van der Waals surface area contributed by atoms with Gasteiger partial charge >= 0.3 is 0 Å². The average molecular weight is 572 g/mol. The van der Waals surface area contributed by atoms with Crippen LogP contribution in [-0.4, -0.2) is 26.5 Å². The van der Waals surface area contributed by atoms with Crippen LogP contribution in [0.15, 0.2) is 95.9 Å². The van der Waals surface area contributed by atoms with Crippen LogP contribution in [0.3, 0.4) is 0 Å². The molecular formula is C33H37N3O4S. The number of amides is 1. The molecule has 1 heterocycles. The monoisotopic (exact) mass is 571 g/mol. The van der Waals surface area contributed by atoms with Crippen molar-refractivity contribution in [1.82, 2.24) is 15.4 Å². The Morgan fingerprint density at radius 3 is 2.41 bits per heavy atom. The van der Waals surface area contributed by atoms with E-state index in [0.29, 0.717) is 19.6 Å². The first kappa shape index (κ1) is 28.8. The Kier molecular flexibility index (Phi) is 8.45. The van der Waals surface area contributed by atoms with E-state index in [-0.39, 0.29) is 28.8 Å². The lowest BCUT2D eigenvalue weighted by atomic mass is 9.97. The molecule has 0 aliphatic carbocycles. The van der Waals surface area contributed by atoms with Gasteiger partial charge in [-0.05, 0) is 60.9 Å². The molecule has 4 aromatic rings. The SMILES string of the molecule is CC(C)(C)NCc1ccc2c(c1)OCCC2NC(=O)CC(NS(=O)(=O)c1ccc2ccccc2c1)c1ccccc1. The fourth-order valence-electron chi connectivity index (χ4n) is 5.00. The topological polar surface area (TPSA) is 96.5 Å². The normalized spacial score (nSPS) is 16.0. The molecule has 0 aromatic heterocycles. The van der Waals surface area contributed by atoms with Gasteiger partial charge in [0.2, 0.25) is 15.9 Å². The lowest BCUT2D eigenvalue weighted by Crippen LogP contribution is -2.37. The van der Waals surface area contributed by atoms with Crippen LogP contribution in [-0.2, 0) is 21.4 Å². The minimum Gasteiger partial charge on any atom is -0.493 e. The molecule has 214 valence electrons. The maximum atomic E-state index is 13.5. The Morgan fingerprint density at radius 2 is 1.66 bits per heavy atom. The van der Waals surface area contributed by atoms with Crippen LogP contribution >= 0.6 is 0 Å². The molecule has 0 fully saturated rings. The number of benzene rings is 4. The standard InChI is InChI=1S/C33H37N3O4S/c1-33(2,3)34-22-23-13-16-28-29(17-18-40-31(28)19-23)35-32(37)21-30(25-10-5-4-6-11-25)36-41(38,39)27-15-14-24-9-7-8-12-26(24)20-27/h4-16,19-20,29-30,34,36H,17-18,21-22H2,1-3H3,(H,35,37). The van der Waals surface area contributed by atoms with Crippen LogP contribution in [0.5, 0.6) is 5.75 Å². The second-order valence-electron chi connectivity index (χ2n) is 11.5. The van der Waals surface area contributed by atoms with Gasteiger partial charge in [0.15, 0.2) is 0 Å². The van der Waals surface area contributed by atoms with Crippen molar-refractivity contribution in [2.75, 3.05) is 6.61 Å². The third-order valence-corrected chi connectivity index (χ3v) is 8.66. The zero-order chi connectivity index (χ0) is 29.0. The van der Waals surface area contributed by atoms with Crippen molar-refractivity contribution in [3.05, 3.63) is 108 Å². The fraction of sp³-hybridized carbons (Fsp3) is 0.303. The zero-order valence-corrected chi connectivity index (χ0v) is 24.5. The van der Waals surface area contributed by atoms with E-state index in [4.69, 9.17) is 4.74 Å². The quantitative estimate of drug-likeness (QED) is 0.237. The number of rotatable bonds is 9. The fourth-order valence-corrected chi connectivity index (χ4v) is 6.26. The second-order valence-corrected chi connectivity index (χ2v) is 13.2. The number of sulfonamides is 1. The molecule has 5 rings (SSSR count). The maximum Gasteiger partial charge on any atom is 0.241 e. The summed E-state index contributed by atoms with van der Waals surface area (Å²) in [6.07, 6.45) is 0.592. The summed E-state index contributed by atoms with van der Waals surface area (Å²) < 4.78 is 35.7. The van der Waals surface area contributed by atoms with Crippen molar-refractivity contribution in [3.8, 4) is 5.75 Å². The van der Waals surface area contributed by atoms with E-state index in [0.717, 1.165) is 33.2 Å². The van der Waals surface area contributed by atoms with E-state index in [9.17, 15) is 13.2 Å². The number of ether oxygens (including phenoxy) is 1. The Hall–Kier alpha value is -3.72. The molecule has 1 aliphatic heterocycles. The minimum atomic E-state index is -3.90. The summed E-state index contributed by atoms with van der Waals surface area (Å²) in [7, 11) is -3.90. The van der Waals surface area contributed by atoms with Crippen LogP contribution in [0.2, 0.25) is 0 Å². The molecule has 41 heavy (non-hydrogen) atoms. The molecule has 0 saturated heterocycles. The van der Waals surface area contributed by atoms with E-state index < -0.39 is 16.1 Å². The molecule has 7 nitrogen and oxygen atoms in total. The highest BCUT2D eigenvalue weighted by Gasteiger charge is 2.27. The van der Waals surface area contributed by atoms with Gasteiger partial charge in [0.25, 0.3) is 0 Å². The predicted molar refractivity (Wildman–Crippen MR) is 162 cm³/mol. The lowest BCUT2D eigenvalue weighted by molar-refractivity contribution is -0.122. The second kappa shape index (κ2) is 12.0. The third-order valence-electron chi connectivity index (χ3n) is 7.20. The van der Waals surface area contributed by atoms with Crippen LogP contribution in [0.25, 0.3) is 10.8 Å². The summed E-state index contributed by atoms with van der Waals surface area (Å²) in [6.45, 7) is 7.58. The molecule has 1 aliphatic rings. The molecule has 3 N–H and O–H groups in total. The smallest absolute Gasteiger partial charge is 0.241 e. The number of fused-ring (bicyclic) bond motifs is 2. The van der Waals surface area contributed by atoms with Crippen molar-refractivity contribution in [3.63, 3.8) is 0 Å². The lowest BCUT2D eigenvalue weighted by Gasteiger charge is -2.28. The molecule has 2 atom stereocenters. The van der Waals surface area contributed by atoms with Crippen molar-refractivity contribution < 1.29 is 17.9 Å². The first-order valence-electron chi connectivity index (χ1n) is 13.9.